The van der Waals surface area contributed by atoms with Crippen molar-refractivity contribution in [1.29, 1.82) is 5.26 Å². The number of hydrogen-bond acceptors (Lipinski definition) is 11. The number of ether oxygens (including phenoxy) is 4. The summed E-state index contributed by atoms with van der Waals surface area (Å²) in [4.78, 5) is 50.3. The number of aromatic nitrogens is 2. The average Bonchev–Trinajstić information content (AvgIpc) is 3.56. The summed E-state index contributed by atoms with van der Waals surface area (Å²) >= 11 is 8.06. The molecule has 12 nitrogen and oxygen atoms in total. The van der Waals surface area contributed by atoms with Gasteiger partial charge in [-0.2, -0.15) is 5.26 Å². The number of halogens is 4. The van der Waals surface area contributed by atoms with E-state index in [4.69, 9.17) is 30.5 Å². The molecule has 340 valence electrons. The number of thioether (sulfide) groups is 1. The van der Waals surface area contributed by atoms with Crippen LogP contribution in [0, 0.1) is 17.1 Å². The van der Waals surface area contributed by atoms with Crippen molar-refractivity contribution in [2.75, 3.05) is 32.8 Å². The van der Waals surface area contributed by atoms with E-state index >= 15 is 13.2 Å². The van der Waals surface area contributed by atoms with Gasteiger partial charge in [0.25, 0.3) is 17.7 Å². The number of hydrogen-bond donors (Lipinski definition) is 0. The van der Waals surface area contributed by atoms with Crippen LogP contribution in [0.2, 0.25) is 30.7 Å². The largest absolute Gasteiger partial charge is 0.490 e. The summed E-state index contributed by atoms with van der Waals surface area (Å²) in [6.07, 6.45) is 2.20. The summed E-state index contributed by atoms with van der Waals surface area (Å²) < 4.78 is 68.1. The molecule has 1 unspecified atom stereocenters. The lowest BCUT2D eigenvalue weighted by molar-refractivity contribution is -0.158. The smallest absolute Gasteiger partial charge is 0.255 e. The van der Waals surface area contributed by atoms with Gasteiger partial charge in [-0.1, -0.05) is 69.0 Å². The molecule has 0 aliphatic carbocycles. The number of nitrogens with zero attached hydrogens (tertiary/aromatic N) is 5. The summed E-state index contributed by atoms with van der Waals surface area (Å²) in [5.41, 5.74) is 2.23. The second-order valence-electron chi connectivity index (χ2n) is 17.4. The van der Waals surface area contributed by atoms with E-state index in [2.05, 4.69) is 35.7 Å². The Morgan fingerprint density at radius 2 is 1.69 bits per heavy atom. The lowest BCUT2D eigenvalue weighted by Crippen LogP contribution is -2.55. The Hall–Kier alpha value is -5.15. The van der Waals surface area contributed by atoms with Crippen molar-refractivity contribution in [2.24, 2.45) is 0 Å². The number of amides is 3. The maximum Gasteiger partial charge on any atom is 0.255 e. The molecule has 0 spiro atoms. The van der Waals surface area contributed by atoms with E-state index in [-0.39, 0.29) is 66.3 Å². The number of piperidine rings is 1. The van der Waals surface area contributed by atoms with Crippen LogP contribution >= 0.6 is 23.4 Å². The third kappa shape index (κ3) is 11.7. The molecule has 0 saturated carbocycles. The predicted molar refractivity (Wildman–Crippen MR) is 238 cm³/mol. The molecule has 6 rings (SSSR count). The van der Waals surface area contributed by atoms with Crippen LogP contribution in [0.25, 0.3) is 0 Å². The normalized spacial score (nSPS) is 15.6. The standard InChI is InChI=1S/C46H51ClF3N5O7SSi/c1-45(2,31-7-9-34(10-8-31)62-27-33-13-16-52-44(53-33)63-3)32-21-29(25-51)41(36(47)23-32)61-18-15-46(49,50)14-17-60-39-22-30-26-54(42(57)35(30)24-37(39)48)38-11-12-40(56)55(43(38)58)28-59-19-20-64(4,5)6/h7-10,13,16,21-24,38H,11-12,14-15,17-20,26-28H2,1-6H3. The molecule has 1 aromatic heterocycles. The fourth-order valence-electron chi connectivity index (χ4n) is 7.25. The predicted octanol–water partition coefficient (Wildman–Crippen LogP) is 9.43. The lowest BCUT2D eigenvalue weighted by atomic mass is 9.77. The first kappa shape index (κ1) is 48.3. The van der Waals surface area contributed by atoms with Crippen molar-refractivity contribution in [2.45, 2.75) is 101 Å². The number of carbonyl (C=O) groups is 3. The molecule has 2 aliphatic heterocycles. The highest BCUT2D eigenvalue weighted by molar-refractivity contribution is 7.98. The average molecular weight is 939 g/mol. The second kappa shape index (κ2) is 20.3. The van der Waals surface area contributed by atoms with Gasteiger partial charge in [0.2, 0.25) is 5.91 Å². The Balaban J connectivity index is 1.00. The van der Waals surface area contributed by atoms with Crippen LogP contribution in [0.1, 0.15) is 77.8 Å². The topological polar surface area (TPSA) is 144 Å². The fraction of sp³-hybridized carbons (Fsp3) is 0.435. The molecule has 0 N–H and O–H groups in total. The number of benzene rings is 3. The van der Waals surface area contributed by atoms with Crippen LogP contribution < -0.4 is 14.2 Å². The zero-order valence-electron chi connectivity index (χ0n) is 36.6. The van der Waals surface area contributed by atoms with E-state index in [1.54, 1.807) is 24.4 Å². The Morgan fingerprint density at radius 1 is 0.969 bits per heavy atom. The van der Waals surface area contributed by atoms with E-state index in [1.807, 2.05) is 44.4 Å². The zero-order valence-corrected chi connectivity index (χ0v) is 39.2. The van der Waals surface area contributed by atoms with E-state index in [0.29, 0.717) is 28.6 Å². The molecule has 2 aliphatic rings. The van der Waals surface area contributed by atoms with Crippen molar-refractivity contribution < 1.29 is 46.5 Å². The first-order valence-corrected chi connectivity index (χ1v) is 26.1. The van der Waals surface area contributed by atoms with Gasteiger partial charge in [-0.15, -0.1) is 0 Å². The van der Waals surface area contributed by atoms with E-state index < -0.39 is 69.1 Å². The molecule has 1 atom stereocenters. The van der Waals surface area contributed by atoms with Crippen molar-refractivity contribution >= 4 is 49.2 Å². The highest BCUT2D eigenvalue weighted by Gasteiger charge is 2.43. The van der Waals surface area contributed by atoms with Gasteiger partial charge in [-0.05, 0) is 77.9 Å². The van der Waals surface area contributed by atoms with Gasteiger partial charge in [-0.3, -0.25) is 19.3 Å². The van der Waals surface area contributed by atoms with Gasteiger partial charge in [0, 0.05) is 57.7 Å². The van der Waals surface area contributed by atoms with Crippen LogP contribution in [0.3, 0.4) is 0 Å². The van der Waals surface area contributed by atoms with Crippen molar-refractivity contribution in [3.63, 3.8) is 0 Å². The fourth-order valence-corrected chi connectivity index (χ4v) is 8.65. The number of rotatable bonds is 20. The zero-order chi connectivity index (χ0) is 46.4. The van der Waals surface area contributed by atoms with Gasteiger partial charge in [-0.25, -0.2) is 23.1 Å². The summed E-state index contributed by atoms with van der Waals surface area (Å²) in [6, 6.07) is 16.8. The molecule has 64 heavy (non-hydrogen) atoms. The lowest BCUT2D eigenvalue weighted by Gasteiger charge is -2.35. The van der Waals surface area contributed by atoms with Crippen molar-refractivity contribution in [1.82, 2.24) is 19.8 Å². The monoisotopic (exact) mass is 937 g/mol. The van der Waals surface area contributed by atoms with Crippen LogP contribution in [-0.4, -0.2) is 90.3 Å². The summed E-state index contributed by atoms with van der Waals surface area (Å²) in [6.45, 7) is 9.88. The molecule has 3 heterocycles. The van der Waals surface area contributed by atoms with Crippen LogP contribution in [0.4, 0.5) is 13.2 Å². The molecule has 0 bridgehead atoms. The molecule has 3 amide bonds. The molecule has 0 radical (unpaired) electrons. The molecular formula is C46H51ClF3N5O7SSi. The van der Waals surface area contributed by atoms with E-state index in [0.717, 1.165) is 28.3 Å². The Bertz CT molecular complexity index is 2410. The van der Waals surface area contributed by atoms with E-state index in [1.165, 1.54) is 22.7 Å². The molecule has 18 heteroatoms. The number of fused-ring (bicyclic) bond motifs is 1. The van der Waals surface area contributed by atoms with E-state index in [9.17, 15) is 19.6 Å². The highest BCUT2D eigenvalue weighted by Crippen LogP contribution is 2.40. The number of carbonyl (C=O) groups excluding carboxylic acids is 3. The Kier molecular flexibility index (Phi) is 15.4. The second-order valence-corrected chi connectivity index (χ2v) is 24.2. The van der Waals surface area contributed by atoms with Crippen LogP contribution in [0.15, 0.2) is 66.0 Å². The number of alkyl halides is 2. The van der Waals surface area contributed by atoms with Gasteiger partial charge >= 0.3 is 0 Å². The number of imide groups is 1. The number of nitriles is 1. The quantitative estimate of drug-likeness (QED) is 0.0275. The number of likely N-dealkylation sites (tertiary alicyclic amines) is 1. The molecule has 1 saturated heterocycles. The van der Waals surface area contributed by atoms with Gasteiger partial charge in [0.1, 0.15) is 31.2 Å². The van der Waals surface area contributed by atoms with Gasteiger partial charge in [0.05, 0.1) is 29.5 Å². The minimum atomic E-state index is -3.30. The van der Waals surface area contributed by atoms with Crippen LogP contribution in [-0.2, 0) is 32.9 Å². The SMILES string of the molecule is CSc1nccc(COc2ccc(C(C)(C)c3cc(Cl)c(OCCC(F)(F)CCOc4cc5c(cc4F)C(=O)N(C4CCC(=O)N(COCC[Si](C)(C)C)C4=O)C5)c(C#N)c3)cc2)n1. The Morgan fingerprint density at radius 3 is 2.38 bits per heavy atom. The minimum Gasteiger partial charge on any atom is -0.490 e. The molecular weight excluding hydrogens is 887 g/mol. The summed E-state index contributed by atoms with van der Waals surface area (Å²) in [7, 11) is -1.40. The third-order valence-corrected chi connectivity index (χ3v) is 13.8. The summed E-state index contributed by atoms with van der Waals surface area (Å²) in [5, 5.41) is 10.8. The summed E-state index contributed by atoms with van der Waals surface area (Å²) in [5.74, 6) is -5.43. The maximum absolute atomic E-state index is 15.2. The molecule has 4 aromatic rings. The minimum absolute atomic E-state index is 0.0160. The third-order valence-electron chi connectivity index (χ3n) is 11.2. The first-order chi connectivity index (χ1) is 30.3. The molecule has 3 aromatic carbocycles. The maximum atomic E-state index is 15.2. The molecule has 1 fully saturated rings. The van der Waals surface area contributed by atoms with Crippen LogP contribution in [0.5, 0.6) is 17.2 Å². The van der Waals surface area contributed by atoms with Gasteiger partial charge < -0.3 is 23.8 Å². The Labute approximate surface area is 381 Å². The van der Waals surface area contributed by atoms with Crippen molar-refractivity contribution in [3.8, 4) is 23.3 Å². The highest BCUT2D eigenvalue weighted by atomic mass is 35.5. The first-order valence-electron chi connectivity index (χ1n) is 20.8. The van der Waals surface area contributed by atoms with Gasteiger partial charge in [0.15, 0.2) is 22.5 Å². The van der Waals surface area contributed by atoms with Crippen molar-refractivity contribution in [3.05, 3.63) is 105 Å².